The number of ether oxygens (including phenoxy) is 2. The average molecular weight is 259 g/mol. The average Bonchev–Trinajstić information content (AvgIpc) is 3.03. The third-order valence-corrected chi connectivity index (χ3v) is 3.25. The molecule has 1 aromatic heterocycles. The summed E-state index contributed by atoms with van der Waals surface area (Å²) in [6.45, 7) is 3.19. The Morgan fingerprint density at radius 3 is 2.95 bits per heavy atom. The molecule has 5 heteroatoms. The maximum Gasteiger partial charge on any atom is 0.231 e. The van der Waals surface area contributed by atoms with Gasteiger partial charge < -0.3 is 14.8 Å². The molecule has 2 aromatic rings. The second kappa shape index (κ2) is 4.93. The van der Waals surface area contributed by atoms with Gasteiger partial charge in [-0.1, -0.05) is 6.07 Å². The third-order valence-electron chi connectivity index (χ3n) is 3.25. The van der Waals surface area contributed by atoms with Crippen molar-refractivity contribution < 1.29 is 9.47 Å². The zero-order chi connectivity index (χ0) is 13.2. The SMILES string of the molecule is CC(NCc1ccn(C)n1)c1ccc2c(c1)OCO2. The van der Waals surface area contributed by atoms with E-state index in [-0.39, 0.29) is 6.04 Å². The summed E-state index contributed by atoms with van der Waals surface area (Å²) in [6.07, 6.45) is 1.95. The molecule has 0 amide bonds. The van der Waals surface area contributed by atoms with Crippen LogP contribution in [0, 0.1) is 0 Å². The fourth-order valence-corrected chi connectivity index (χ4v) is 2.12. The molecule has 1 aromatic carbocycles. The summed E-state index contributed by atoms with van der Waals surface area (Å²) in [4.78, 5) is 0. The van der Waals surface area contributed by atoms with Gasteiger partial charge in [-0.25, -0.2) is 0 Å². The Balaban J connectivity index is 1.65. The Morgan fingerprint density at radius 1 is 1.32 bits per heavy atom. The fraction of sp³-hybridized carbons (Fsp3) is 0.357. The van der Waals surface area contributed by atoms with Gasteiger partial charge in [0.2, 0.25) is 6.79 Å². The highest BCUT2D eigenvalue weighted by molar-refractivity contribution is 5.45. The van der Waals surface area contributed by atoms with Crippen molar-refractivity contribution in [2.45, 2.75) is 19.5 Å². The minimum atomic E-state index is 0.233. The summed E-state index contributed by atoms with van der Waals surface area (Å²) in [7, 11) is 1.92. The Labute approximate surface area is 112 Å². The number of hydrogen-bond donors (Lipinski definition) is 1. The van der Waals surface area contributed by atoms with E-state index in [2.05, 4.69) is 23.4 Å². The number of aromatic nitrogens is 2. The lowest BCUT2D eigenvalue weighted by Gasteiger charge is -2.13. The van der Waals surface area contributed by atoms with Crippen LogP contribution in [0.2, 0.25) is 0 Å². The smallest absolute Gasteiger partial charge is 0.231 e. The molecule has 1 atom stereocenters. The summed E-state index contributed by atoms with van der Waals surface area (Å²) < 4.78 is 12.5. The molecule has 0 fully saturated rings. The van der Waals surface area contributed by atoms with Crippen LogP contribution in [0.5, 0.6) is 11.5 Å². The van der Waals surface area contributed by atoms with Crippen LogP contribution >= 0.6 is 0 Å². The topological polar surface area (TPSA) is 48.3 Å². The molecule has 2 heterocycles. The molecule has 100 valence electrons. The molecule has 1 aliphatic heterocycles. The molecule has 0 aliphatic carbocycles. The van der Waals surface area contributed by atoms with Gasteiger partial charge in [-0.05, 0) is 30.7 Å². The lowest BCUT2D eigenvalue weighted by atomic mass is 10.1. The van der Waals surface area contributed by atoms with E-state index in [0.717, 1.165) is 23.7 Å². The Morgan fingerprint density at radius 2 is 2.16 bits per heavy atom. The van der Waals surface area contributed by atoms with E-state index in [1.807, 2.05) is 36.1 Å². The van der Waals surface area contributed by atoms with Gasteiger partial charge in [-0.2, -0.15) is 5.10 Å². The first-order chi connectivity index (χ1) is 9.22. The normalized spacial score (nSPS) is 14.6. The van der Waals surface area contributed by atoms with E-state index in [4.69, 9.17) is 9.47 Å². The molecule has 0 saturated heterocycles. The van der Waals surface area contributed by atoms with E-state index in [0.29, 0.717) is 6.79 Å². The number of nitrogens with zero attached hydrogens (tertiary/aromatic N) is 2. The number of rotatable bonds is 4. The van der Waals surface area contributed by atoms with Crippen molar-refractivity contribution in [2.24, 2.45) is 7.05 Å². The highest BCUT2D eigenvalue weighted by atomic mass is 16.7. The predicted octanol–water partition coefficient (Wildman–Crippen LogP) is 2.00. The monoisotopic (exact) mass is 259 g/mol. The molecule has 19 heavy (non-hydrogen) atoms. The largest absolute Gasteiger partial charge is 0.454 e. The molecule has 0 spiro atoms. The highest BCUT2D eigenvalue weighted by Gasteiger charge is 2.15. The quantitative estimate of drug-likeness (QED) is 0.912. The third kappa shape index (κ3) is 2.56. The van der Waals surface area contributed by atoms with Gasteiger partial charge in [0.25, 0.3) is 0 Å². The zero-order valence-electron chi connectivity index (χ0n) is 11.1. The molecular weight excluding hydrogens is 242 g/mol. The van der Waals surface area contributed by atoms with Crippen molar-refractivity contribution in [3.63, 3.8) is 0 Å². The summed E-state index contributed by atoms with van der Waals surface area (Å²) in [5.74, 6) is 1.64. The number of benzene rings is 1. The van der Waals surface area contributed by atoms with Gasteiger partial charge in [-0.15, -0.1) is 0 Å². The van der Waals surface area contributed by atoms with Gasteiger partial charge in [0.05, 0.1) is 5.69 Å². The van der Waals surface area contributed by atoms with Gasteiger partial charge in [-0.3, -0.25) is 4.68 Å². The maximum atomic E-state index is 5.39. The van der Waals surface area contributed by atoms with Crippen LogP contribution in [0.1, 0.15) is 24.2 Å². The van der Waals surface area contributed by atoms with Crippen LogP contribution in [0.25, 0.3) is 0 Å². The minimum absolute atomic E-state index is 0.233. The van der Waals surface area contributed by atoms with Crippen LogP contribution in [-0.2, 0) is 13.6 Å². The van der Waals surface area contributed by atoms with Crippen LogP contribution in [0.4, 0.5) is 0 Å². The number of nitrogens with one attached hydrogen (secondary N) is 1. The lowest BCUT2D eigenvalue weighted by molar-refractivity contribution is 0.174. The zero-order valence-corrected chi connectivity index (χ0v) is 11.1. The first kappa shape index (κ1) is 12.0. The van der Waals surface area contributed by atoms with Crippen LogP contribution < -0.4 is 14.8 Å². The van der Waals surface area contributed by atoms with Crippen molar-refractivity contribution in [2.75, 3.05) is 6.79 Å². The van der Waals surface area contributed by atoms with Gasteiger partial charge in [0, 0.05) is 25.8 Å². The molecule has 0 saturated carbocycles. The first-order valence-electron chi connectivity index (χ1n) is 6.34. The van der Waals surface area contributed by atoms with Crippen LogP contribution in [-0.4, -0.2) is 16.6 Å². The molecule has 1 unspecified atom stereocenters. The number of hydrogen-bond acceptors (Lipinski definition) is 4. The second-order valence-corrected chi connectivity index (χ2v) is 4.70. The van der Waals surface area contributed by atoms with E-state index in [1.165, 1.54) is 5.56 Å². The summed E-state index contributed by atoms with van der Waals surface area (Å²) in [5, 5.41) is 7.79. The number of aryl methyl sites for hydroxylation is 1. The minimum Gasteiger partial charge on any atom is -0.454 e. The van der Waals surface area contributed by atoms with E-state index < -0.39 is 0 Å². The standard InChI is InChI=1S/C14H17N3O2/c1-10(15-8-12-5-6-17(2)16-12)11-3-4-13-14(7-11)19-9-18-13/h3-7,10,15H,8-9H2,1-2H3. The molecule has 0 radical (unpaired) electrons. The van der Waals surface area contributed by atoms with Crippen molar-refractivity contribution in [3.05, 3.63) is 41.7 Å². The molecule has 5 nitrogen and oxygen atoms in total. The number of fused-ring (bicyclic) bond motifs is 1. The Kier molecular flexibility index (Phi) is 3.13. The maximum absolute atomic E-state index is 5.39. The van der Waals surface area contributed by atoms with Gasteiger partial charge >= 0.3 is 0 Å². The summed E-state index contributed by atoms with van der Waals surface area (Å²) in [6, 6.07) is 8.29. The molecule has 1 aliphatic rings. The van der Waals surface area contributed by atoms with Gasteiger partial charge in [0.1, 0.15) is 0 Å². The Hall–Kier alpha value is -2.01. The van der Waals surface area contributed by atoms with Crippen LogP contribution in [0.15, 0.2) is 30.5 Å². The highest BCUT2D eigenvalue weighted by Crippen LogP contribution is 2.34. The second-order valence-electron chi connectivity index (χ2n) is 4.70. The summed E-state index contributed by atoms with van der Waals surface area (Å²) >= 11 is 0. The van der Waals surface area contributed by atoms with Crippen LogP contribution in [0.3, 0.4) is 0 Å². The lowest BCUT2D eigenvalue weighted by Crippen LogP contribution is -2.18. The van der Waals surface area contributed by atoms with Gasteiger partial charge in [0.15, 0.2) is 11.5 Å². The van der Waals surface area contributed by atoms with E-state index in [9.17, 15) is 0 Å². The van der Waals surface area contributed by atoms with E-state index in [1.54, 1.807) is 0 Å². The van der Waals surface area contributed by atoms with Crippen molar-refractivity contribution >= 4 is 0 Å². The Bertz CT molecular complexity index is 580. The fourth-order valence-electron chi connectivity index (χ4n) is 2.12. The predicted molar refractivity (Wildman–Crippen MR) is 71.0 cm³/mol. The first-order valence-corrected chi connectivity index (χ1v) is 6.34. The molecule has 1 N–H and O–H groups in total. The van der Waals surface area contributed by atoms with Crippen molar-refractivity contribution in [1.29, 1.82) is 0 Å². The molecule has 0 bridgehead atoms. The molecule has 3 rings (SSSR count). The summed E-state index contributed by atoms with van der Waals surface area (Å²) in [5.41, 5.74) is 2.22. The van der Waals surface area contributed by atoms with E-state index >= 15 is 0 Å². The molecular formula is C14H17N3O2. The van der Waals surface area contributed by atoms with Crippen molar-refractivity contribution in [3.8, 4) is 11.5 Å². The van der Waals surface area contributed by atoms with Crippen molar-refractivity contribution in [1.82, 2.24) is 15.1 Å².